The van der Waals surface area contributed by atoms with Gasteiger partial charge in [-0.05, 0) is 55.8 Å². The van der Waals surface area contributed by atoms with Crippen molar-refractivity contribution in [2.45, 2.75) is 45.6 Å². The highest BCUT2D eigenvalue weighted by molar-refractivity contribution is 5.83. The Hall–Kier alpha value is -1.88. The second-order valence-corrected chi connectivity index (χ2v) is 7.88. The molecule has 1 amide bonds. The van der Waals surface area contributed by atoms with Crippen LogP contribution < -0.4 is 10.6 Å². The number of benzene rings is 1. The first-order chi connectivity index (χ1) is 12.1. The standard InChI is InChI=1S/C20H28N4O/c1-3-13(2)17(18-22-15-6-4-5-7-16(15)23-18)24-19(25)14-12-20(14)8-10-21-11-9-20/h4-7,13-14,17,21H,3,8-12H2,1-2H3,(H,22,23)(H,24,25). The van der Waals surface area contributed by atoms with Crippen LogP contribution in [0.3, 0.4) is 0 Å². The van der Waals surface area contributed by atoms with Gasteiger partial charge in [0.1, 0.15) is 5.82 Å². The number of nitrogens with zero attached hydrogens (tertiary/aromatic N) is 1. The summed E-state index contributed by atoms with van der Waals surface area (Å²) in [4.78, 5) is 21.1. The van der Waals surface area contributed by atoms with Crippen molar-refractivity contribution < 1.29 is 4.79 Å². The zero-order chi connectivity index (χ0) is 17.4. The molecule has 3 atom stereocenters. The number of hydrogen-bond acceptors (Lipinski definition) is 3. The molecule has 2 aromatic rings. The third kappa shape index (κ3) is 3.06. The number of fused-ring (bicyclic) bond motifs is 1. The number of nitrogens with one attached hydrogen (secondary N) is 3. The highest BCUT2D eigenvalue weighted by Crippen LogP contribution is 2.58. The second-order valence-electron chi connectivity index (χ2n) is 7.88. The molecule has 0 radical (unpaired) electrons. The average molecular weight is 340 g/mol. The van der Waals surface area contributed by atoms with Crippen molar-refractivity contribution in [2.24, 2.45) is 17.3 Å². The lowest BCUT2D eigenvalue weighted by atomic mass is 9.91. The minimum Gasteiger partial charge on any atom is -0.346 e. The van der Waals surface area contributed by atoms with E-state index < -0.39 is 0 Å². The number of piperidine rings is 1. The van der Waals surface area contributed by atoms with Crippen LogP contribution in [0.1, 0.15) is 51.4 Å². The van der Waals surface area contributed by atoms with E-state index in [2.05, 4.69) is 29.5 Å². The molecule has 2 aliphatic rings. The van der Waals surface area contributed by atoms with Gasteiger partial charge >= 0.3 is 0 Å². The Morgan fingerprint density at radius 1 is 1.36 bits per heavy atom. The maximum absolute atomic E-state index is 12.9. The van der Waals surface area contributed by atoms with Gasteiger partial charge in [-0.25, -0.2) is 4.98 Å². The minimum absolute atomic E-state index is 0.0516. The van der Waals surface area contributed by atoms with Gasteiger partial charge in [0.2, 0.25) is 5.91 Å². The lowest BCUT2D eigenvalue weighted by Gasteiger charge is -2.25. The van der Waals surface area contributed by atoms with Crippen LogP contribution in [0.15, 0.2) is 24.3 Å². The van der Waals surface area contributed by atoms with Crippen molar-refractivity contribution in [3.63, 3.8) is 0 Å². The largest absolute Gasteiger partial charge is 0.346 e. The van der Waals surface area contributed by atoms with E-state index in [4.69, 9.17) is 4.98 Å². The molecule has 1 spiro atoms. The third-order valence-electron chi connectivity index (χ3n) is 6.32. The van der Waals surface area contributed by atoms with Gasteiger partial charge in [0.05, 0.1) is 17.1 Å². The summed E-state index contributed by atoms with van der Waals surface area (Å²) in [6.45, 7) is 6.44. The molecule has 5 heteroatoms. The summed E-state index contributed by atoms with van der Waals surface area (Å²) in [6.07, 6.45) is 4.31. The van der Waals surface area contributed by atoms with Crippen LogP contribution in [-0.4, -0.2) is 29.0 Å². The highest BCUT2D eigenvalue weighted by Gasteiger charge is 2.57. The molecule has 3 N–H and O–H groups in total. The van der Waals surface area contributed by atoms with Crippen LogP contribution in [0.2, 0.25) is 0 Å². The average Bonchev–Trinajstić information content (AvgIpc) is 3.15. The highest BCUT2D eigenvalue weighted by atomic mass is 16.2. The zero-order valence-electron chi connectivity index (χ0n) is 15.1. The summed E-state index contributed by atoms with van der Waals surface area (Å²) in [5.41, 5.74) is 2.26. The summed E-state index contributed by atoms with van der Waals surface area (Å²) in [7, 11) is 0. The number of H-pyrrole nitrogens is 1. The summed E-state index contributed by atoms with van der Waals surface area (Å²) in [5.74, 6) is 1.62. The van der Waals surface area contributed by atoms with Crippen LogP contribution in [0, 0.1) is 17.3 Å². The van der Waals surface area contributed by atoms with Crippen molar-refractivity contribution in [1.82, 2.24) is 20.6 Å². The predicted octanol–water partition coefficient (Wildman–Crippen LogP) is 3.16. The fourth-order valence-corrected chi connectivity index (χ4v) is 4.29. The van der Waals surface area contributed by atoms with Gasteiger partial charge in [-0.3, -0.25) is 4.79 Å². The SMILES string of the molecule is CCC(C)C(NC(=O)C1CC12CCNCC2)c1nc2ccccc2[nH]1. The fourth-order valence-electron chi connectivity index (χ4n) is 4.29. The number of aromatic nitrogens is 2. The van der Waals surface area contributed by atoms with Gasteiger partial charge in [0, 0.05) is 5.92 Å². The van der Waals surface area contributed by atoms with E-state index >= 15 is 0 Å². The molecule has 1 saturated carbocycles. The Labute approximate surface area is 149 Å². The van der Waals surface area contributed by atoms with Crippen LogP contribution >= 0.6 is 0 Å². The van der Waals surface area contributed by atoms with E-state index in [1.165, 1.54) is 0 Å². The molecule has 1 aliphatic heterocycles. The van der Waals surface area contributed by atoms with Crippen molar-refractivity contribution in [3.05, 3.63) is 30.1 Å². The Morgan fingerprint density at radius 2 is 2.12 bits per heavy atom. The number of carbonyl (C=O) groups is 1. The Bertz CT molecular complexity index is 729. The number of aromatic amines is 1. The molecule has 3 unspecified atom stereocenters. The number of rotatable bonds is 5. The van der Waals surface area contributed by atoms with Crippen molar-refractivity contribution in [1.29, 1.82) is 0 Å². The van der Waals surface area contributed by atoms with E-state index in [1.807, 2.05) is 24.3 Å². The van der Waals surface area contributed by atoms with E-state index in [0.29, 0.717) is 5.92 Å². The third-order valence-corrected chi connectivity index (χ3v) is 6.32. The van der Waals surface area contributed by atoms with Crippen LogP contribution in [0.5, 0.6) is 0 Å². The Balaban J connectivity index is 1.52. The molecule has 1 aromatic heterocycles. The molecule has 0 bridgehead atoms. The van der Waals surface area contributed by atoms with Gasteiger partial charge in [0.15, 0.2) is 0 Å². The van der Waals surface area contributed by atoms with Crippen molar-refractivity contribution in [2.75, 3.05) is 13.1 Å². The maximum Gasteiger partial charge on any atom is 0.224 e. The fraction of sp³-hybridized carbons (Fsp3) is 0.600. The minimum atomic E-state index is -0.0516. The number of amides is 1. The molecular weight excluding hydrogens is 312 g/mol. The van der Waals surface area contributed by atoms with Gasteiger partial charge in [0.25, 0.3) is 0 Å². The normalized spacial score (nSPS) is 24.2. The van der Waals surface area contributed by atoms with Crippen LogP contribution in [0.25, 0.3) is 11.0 Å². The molecule has 1 saturated heterocycles. The van der Waals surface area contributed by atoms with Crippen molar-refractivity contribution in [3.8, 4) is 0 Å². The molecule has 25 heavy (non-hydrogen) atoms. The molecule has 1 aromatic carbocycles. The number of para-hydroxylation sites is 2. The number of hydrogen-bond donors (Lipinski definition) is 3. The van der Waals surface area contributed by atoms with Gasteiger partial charge < -0.3 is 15.6 Å². The van der Waals surface area contributed by atoms with Gasteiger partial charge in [-0.2, -0.15) is 0 Å². The first-order valence-corrected chi connectivity index (χ1v) is 9.59. The first-order valence-electron chi connectivity index (χ1n) is 9.59. The summed E-state index contributed by atoms with van der Waals surface area (Å²) < 4.78 is 0. The maximum atomic E-state index is 12.9. The van der Waals surface area contributed by atoms with E-state index in [9.17, 15) is 4.79 Å². The second kappa shape index (κ2) is 6.45. The van der Waals surface area contributed by atoms with Crippen LogP contribution in [0.4, 0.5) is 0 Å². The quantitative estimate of drug-likeness (QED) is 0.783. The molecule has 1 aliphatic carbocycles. The molecule has 2 fully saturated rings. The first kappa shape index (κ1) is 16.6. The molecule has 4 rings (SSSR count). The molecule has 134 valence electrons. The van der Waals surface area contributed by atoms with E-state index in [0.717, 1.165) is 55.6 Å². The topological polar surface area (TPSA) is 69.8 Å². The Kier molecular flexibility index (Phi) is 4.28. The molecular formula is C20H28N4O. The van der Waals surface area contributed by atoms with Crippen LogP contribution in [-0.2, 0) is 4.79 Å². The summed E-state index contributed by atoms with van der Waals surface area (Å²) >= 11 is 0. The smallest absolute Gasteiger partial charge is 0.224 e. The van der Waals surface area contributed by atoms with E-state index in [1.54, 1.807) is 0 Å². The van der Waals surface area contributed by atoms with Gasteiger partial charge in [-0.15, -0.1) is 0 Å². The predicted molar refractivity (Wildman–Crippen MR) is 99.1 cm³/mol. The Morgan fingerprint density at radius 3 is 2.84 bits per heavy atom. The van der Waals surface area contributed by atoms with Gasteiger partial charge in [-0.1, -0.05) is 32.4 Å². The summed E-state index contributed by atoms with van der Waals surface area (Å²) in [5, 5.41) is 6.73. The molecule has 5 nitrogen and oxygen atoms in total. The summed E-state index contributed by atoms with van der Waals surface area (Å²) in [6, 6.07) is 7.99. The monoisotopic (exact) mass is 340 g/mol. The van der Waals surface area contributed by atoms with E-state index in [-0.39, 0.29) is 23.3 Å². The lowest BCUT2D eigenvalue weighted by Crippen LogP contribution is -2.37. The molecule has 2 heterocycles. The number of imidazole rings is 1. The van der Waals surface area contributed by atoms with Crippen molar-refractivity contribution >= 4 is 16.9 Å². The zero-order valence-corrected chi connectivity index (χ0v) is 15.1. The lowest BCUT2D eigenvalue weighted by molar-refractivity contribution is -0.124. The number of carbonyl (C=O) groups excluding carboxylic acids is 1.